The average molecular weight is 409 g/mol. The molecule has 0 aliphatic carbocycles. The van der Waals surface area contributed by atoms with Gasteiger partial charge in [-0.05, 0) is 60.1 Å². The zero-order valence-corrected chi connectivity index (χ0v) is 16.0. The van der Waals surface area contributed by atoms with Crippen molar-refractivity contribution in [2.24, 2.45) is 0 Å². The number of carbonyl (C=O) groups excluding carboxylic acids is 1. The Bertz CT molecular complexity index is 698. The maximum absolute atomic E-state index is 12.4. The van der Waals surface area contributed by atoms with E-state index in [2.05, 4.69) is 32.2 Å². The predicted molar refractivity (Wildman–Crippen MR) is 101 cm³/mol. The van der Waals surface area contributed by atoms with Gasteiger partial charge in [-0.15, -0.1) is 11.3 Å². The lowest BCUT2D eigenvalue weighted by atomic mass is 10.0. The lowest BCUT2D eigenvalue weighted by Gasteiger charge is -2.29. The number of ether oxygens (including phenoxy) is 1. The molecule has 1 aromatic carbocycles. The molecule has 1 saturated heterocycles. The summed E-state index contributed by atoms with van der Waals surface area (Å²) < 4.78 is 6.50. The molecular weight excluding hydrogens is 388 g/mol. The van der Waals surface area contributed by atoms with Crippen LogP contribution < -0.4 is 10.1 Å². The van der Waals surface area contributed by atoms with E-state index in [1.54, 1.807) is 7.11 Å². The Kier molecular flexibility index (Phi) is 5.92. The van der Waals surface area contributed by atoms with Crippen LogP contribution in [0.1, 0.15) is 34.1 Å². The Morgan fingerprint density at radius 3 is 2.71 bits per heavy atom. The van der Waals surface area contributed by atoms with Crippen molar-refractivity contribution in [1.82, 2.24) is 10.2 Å². The van der Waals surface area contributed by atoms with E-state index in [1.807, 2.05) is 30.3 Å². The number of rotatable bonds is 6. The lowest BCUT2D eigenvalue weighted by Crippen LogP contribution is -2.36. The van der Waals surface area contributed by atoms with Gasteiger partial charge in [-0.25, -0.2) is 0 Å². The number of nitrogens with zero attached hydrogens (tertiary/aromatic N) is 1. The van der Waals surface area contributed by atoms with Gasteiger partial charge < -0.3 is 10.1 Å². The summed E-state index contributed by atoms with van der Waals surface area (Å²) in [6.45, 7) is 2.70. The van der Waals surface area contributed by atoms with Crippen LogP contribution in [0.3, 0.4) is 0 Å². The SMILES string of the molecule is COc1ccccc1[C@H](CNC(=O)c1ccc(Br)s1)N1CCCC1. The van der Waals surface area contributed by atoms with Crippen LogP contribution in [0.4, 0.5) is 0 Å². The summed E-state index contributed by atoms with van der Waals surface area (Å²) in [6.07, 6.45) is 2.41. The predicted octanol–water partition coefficient (Wildman–Crippen LogP) is 4.09. The molecule has 1 amide bonds. The molecule has 2 aromatic rings. The Balaban J connectivity index is 1.76. The minimum Gasteiger partial charge on any atom is -0.496 e. The van der Waals surface area contributed by atoms with Gasteiger partial charge in [-0.2, -0.15) is 0 Å². The summed E-state index contributed by atoms with van der Waals surface area (Å²) >= 11 is 4.85. The quantitative estimate of drug-likeness (QED) is 0.782. The molecule has 1 N–H and O–H groups in total. The van der Waals surface area contributed by atoms with Gasteiger partial charge in [0.25, 0.3) is 5.91 Å². The second kappa shape index (κ2) is 8.14. The van der Waals surface area contributed by atoms with Crippen LogP contribution in [0.2, 0.25) is 0 Å². The molecule has 0 spiro atoms. The number of halogens is 1. The fourth-order valence-corrected chi connectivity index (χ4v) is 4.45. The summed E-state index contributed by atoms with van der Waals surface area (Å²) in [7, 11) is 1.70. The van der Waals surface area contributed by atoms with Crippen molar-refractivity contribution in [3.8, 4) is 5.75 Å². The van der Waals surface area contributed by atoms with Gasteiger partial charge in [-0.1, -0.05) is 18.2 Å². The Morgan fingerprint density at radius 2 is 2.04 bits per heavy atom. The second-order valence-corrected chi connectivity index (χ2v) is 8.28. The molecule has 0 saturated carbocycles. The largest absolute Gasteiger partial charge is 0.496 e. The number of thiophene rings is 1. The van der Waals surface area contributed by atoms with E-state index in [1.165, 1.54) is 24.2 Å². The van der Waals surface area contributed by atoms with Gasteiger partial charge in [0.15, 0.2) is 0 Å². The molecule has 4 nitrogen and oxygen atoms in total. The number of benzene rings is 1. The maximum Gasteiger partial charge on any atom is 0.261 e. The number of carbonyl (C=O) groups is 1. The van der Waals surface area contributed by atoms with E-state index in [4.69, 9.17) is 4.74 Å². The van der Waals surface area contributed by atoms with Crippen molar-refractivity contribution in [2.75, 3.05) is 26.7 Å². The molecule has 3 rings (SSSR count). The zero-order valence-electron chi connectivity index (χ0n) is 13.6. The van der Waals surface area contributed by atoms with Crippen molar-refractivity contribution in [1.29, 1.82) is 0 Å². The van der Waals surface area contributed by atoms with Crippen molar-refractivity contribution in [2.45, 2.75) is 18.9 Å². The van der Waals surface area contributed by atoms with Gasteiger partial charge in [0.05, 0.1) is 21.8 Å². The topological polar surface area (TPSA) is 41.6 Å². The van der Waals surface area contributed by atoms with Crippen LogP contribution in [-0.4, -0.2) is 37.6 Å². The van der Waals surface area contributed by atoms with E-state index in [0.29, 0.717) is 6.54 Å². The molecule has 6 heteroatoms. The lowest BCUT2D eigenvalue weighted by molar-refractivity contribution is 0.0941. The van der Waals surface area contributed by atoms with E-state index in [9.17, 15) is 4.79 Å². The first-order valence-corrected chi connectivity index (χ1v) is 9.70. The van der Waals surface area contributed by atoms with Gasteiger partial charge in [0, 0.05) is 12.1 Å². The number of hydrogen-bond donors (Lipinski definition) is 1. The van der Waals surface area contributed by atoms with Crippen molar-refractivity contribution in [3.63, 3.8) is 0 Å². The smallest absolute Gasteiger partial charge is 0.261 e. The molecular formula is C18H21BrN2O2S. The molecule has 128 valence electrons. The van der Waals surface area contributed by atoms with Crippen LogP contribution in [0, 0.1) is 0 Å². The number of amides is 1. The van der Waals surface area contributed by atoms with Crippen LogP contribution in [0.15, 0.2) is 40.2 Å². The summed E-state index contributed by atoms with van der Waals surface area (Å²) in [5.74, 6) is 0.854. The van der Waals surface area contributed by atoms with Crippen molar-refractivity contribution < 1.29 is 9.53 Å². The molecule has 1 aliphatic heterocycles. The molecule has 0 unspecified atom stereocenters. The summed E-state index contributed by atoms with van der Waals surface area (Å²) in [5.41, 5.74) is 1.13. The van der Waals surface area contributed by atoms with E-state index in [0.717, 1.165) is 33.1 Å². The van der Waals surface area contributed by atoms with Gasteiger partial charge in [0.1, 0.15) is 5.75 Å². The van der Waals surface area contributed by atoms with E-state index in [-0.39, 0.29) is 11.9 Å². The first-order chi connectivity index (χ1) is 11.7. The van der Waals surface area contributed by atoms with Crippen molar-refractivity contribution >= 4 is 33.2 Å². The third-order valence-electron chi connectivity index (χ3n) is 4.33. The van der Waals surface area contributed by atoms with Crippen LogP contribution in [0.25, 0.3) is 0 Å². The third-order valence-corrected chi connectivity index (χ3v) is 5.95. The third kappa shape index (κ3) is 3.99. The molecule has 0 radical (unpaired) electrons. The fraction of sp³-hybridized carbons (Fsp3) is 0.389. The van der Waals surface area contributed by atoms with Gasteiger partial charge >= 0.3 is 0 Å². The highest BCUT2D eigenvalue weighted by Gasteiger charge is 2.26. The standard InChI is InChI=1S/C18H21BrN2O2S/c1-23-15-7-3-2-6-13(15)14(21-10-4-5-11-21)12-20-18(22)16-8-9-17(19)24-16/h2-3,6-9,14H,4-5,10-12H2,1H3,(H,20,22)/t14-/m0/s1. The summed E-state index contributed by atoms with van der Waals surface area (Å²) in [5, 5.41) is 3.09. The van der Waals surface area contributed by atoms with Crippen LogP contribution in [-0.2, 0) is 0 Å². The minimum absolute atomic E-state index is 0.0233. The Morgan fingerprint density at radius 1 is 1.29 bits per heavy atom. The first kappa shape index (κ1) is 17.5. The second-order valence-electron chi connectivity index (χ2n) is 5.81. The molecule has 1 aromatic heterocycles. The highest BCUT2D eigenvalue weighted by molar-refractivity contribution is 9.11. The maximum atomic E-state index is 12.4. The molecule has 24 heavy (non-hydrogen) atoms. The monoisotopic (exact) mass is 408 g/mol. The van der Waals surface area contributed by atoms with Crippen molar-refractivity contribution in [3.05, 3.63) is 50.6 Å². The average Bonchev–Trinajstić information content (AvgIpc) is 3.27. The van der Waals surface area contributed by atoms with E-state index < -0.39 is 0 Å². The Hall–Kier alpha value is -1.37. The molecule has 1 atom stereocenters. The van der Waals surface area contributed by atoms with E-state index >= 15 is 0 Å². The van der Waals surface area contributed by atoms with Crippen LogP contribution in [0.5, 0.6) is 5.75 Å². The van der Waals surface area contributed by atoms with Crippen LogP contribution >= 0.6 is 27.3 Å². The number of para-hydroxylation sites is 1. The molecule has 1 aliphatic rings. The number of nitrogens with one attached hydrogen (secondary N) is 1. The normalized spacial score (nSPS) is 16.1. The highest BCUT2D eigenvalue weighted by Crippen LogP contribution is 2.31. The zero-order chi connectivity index (χ0) is 16.9. The Labute approximate surface area is 154 Å². The molecule has 1 fully saturated rings. The summed E-state index contributed by atoms with van der Waals surface area (Å²) in [6, 6.07) is 12.0. The number of likely N-dealkylation sites (tertiary alicyclic amines) is 1. The molecule has 0 bridgehead atoms. The van der Waals surface area contributed by atoms with Gasteiger partial charge in [0.2, 0.25) is 0 Å². The molecule has 2 heterocycles. The minimum atomic E-state index is -0.0233. The van der Waals surface area contributed by atoms with Gasteiger partial charge in [-0.3, -0.25) is 9.69 Å². The number of hydrogen-bond acceptors (Lipinski definition) is 4. The fourth-order valence-electron chi connectivity index (χ4n) is 3.14. The summed E-state index contributed by atoms with van der Waals surface area (Å²) in [4.78, 5) is 15.5. The highest BCUT2D eigenvalue weighted by atomic mass is 79.9. The first-order valence-electron chi connectivity index (χ1n) is 8.09. The number of methoxy groups -OCH3 is 1.